The van der Waals surface area contributed by atoms with Gasteiger partial charge in [0.2, 0.25) is 5.91 Å². The van der Waals surface area contributed by atoms with Crippen molar-refractivity contribution < 1.29 is 4.79 Å². The highest BCUT2D eigenvalue weighted by molar-refractivity contribution is 8.00. The van der Waals surface area contributed by atoms with Crippen LogP contribution < -0.4 is 11.0 Å². The molecule has 3 N–H and O–H groups in total. The number of aromatic nitrogens is 2. The van der Waals surface area contributed by atoms with E-state index in [9.17, 15) is 9.59 Å². The number of aromatic amines is 2. The van der Waals surface area contributed by atoms with Crippen molar-refractivity contribution >= 4 is 57.6 Å². The zero-order chi connectivity index (χ0) is 17.3. The summed E-state index contributed by atoms with van der Waals surface area (Å²) in [7, 11) is 0. The Balaban J connectivity index is 1.72. The molecular weight excluding hydrogens is 369 g/mol. The van der Waals surface area contributed by atoms with Gasteiger partial charge in [-0.2, -0.15) is 0 Å². The van der Waals surface area contributed by atoms with E-state index in [1.54, 1.807) is 43.3 Å². The summed E-state index contributed by atoms with van der Waals surface area (Å²) >= 11 is 13.4. The number of imidazole rings is 1. The number of carbonyl (C=O) groups excluding carboxylic acids is 1. The van der Waals surface area contributed by atoms with Gasteiger partial charge in [0.25, 0.3) is 0 Å². The largest absolute Gasteiger partial charge is 0.325 e. The van der Waals surface area contributed by atoms with Crippen LogP contribution in [0.25, 0.3) is 11.0 Å². The standard InChI is InChI=1S/C16H13Cl2N3O2S/c1-8(24-14-6-9(17)2-4-11(14)18)15(22)19-10-3-5-12-13(7-10)21-16(23)20-12/h2-8H,1H3,(H,19,22)(H2,20,21,23)/t8-/m1/s1. The van der Waals surface area contributed by atoms with Crippen molar-refractivity contribution in [2.24, 2.45) is 0 Å². The molecule has 0 bridgehead atoms. The molecule has 3 rings (SSSR count). The second-order valence-electron chi connectivity index (χ2n) is 5.16. The number of rotatable bonds is 4. The van der Waals surface area contributed by atoms with Crippen molar-refractivity contribution in [2.45, 2.75) is 17.1 Å². The van der Waals surface area contributed by atoms with Crippen molar-refractivity contribution in [3.8, 4) is 0 Å². The number of amides is 1. The Morgan fingerprint density at radius 3 is 2.67 bits per heavy atom. The summed E-state index contributed by atoms with van der Waals surface area (Å²) in [4.78, 5) is 29.7. The van der Waals surface area contributed by atoms with Crippen LogP contribution in [0.2, 0.25) is 10.0 Å². The summed E-state index contributed by atoms with van der Waals surface area (Å²) < 4.78 is 0. The Hall–Kier alpha value is -1.89. The summed E-state index contributed by atoms with van der Waals surface area (Å²) in [6, 6.07) is 10.3. The van der Waals surface area contributed by atoms with Gasteiger partial charge in [-0.15, -0.1) is 11.8 Å². The minimum Gasteiger partial charge on any atom is -0.325 e. The van der Waals surface area contributed by atoms with Gasteiger partial charge in [-0.3, -0.25) is 4.79 Å². The summed E-state index contributed by atoms with van der Waals surface area (Å²) in [5, 5.41) is 3.57. The third-order valence-electron chi connectivity index (χ3n) is 3.35. The third kappa shape index (κ3) is 3.77. The Morgan fingerprint density at radius 1 is 1.12 bits per heavy atom. The Bertz CT molecular complexity index is 967. The highest BCUT2D eigenvalue weighted by atomic mass is 35.5. The lowest BCUT2D eigenvalue weighted by atomic mass is 10.2. The Morgan fingerprint density at radius 2 is 1.88 bits per heavy atom. The Labute approximate surface area is 151 Å². The quantitative estimate of drug-likeness (QED) is 0.590. The smallest absolute Gasteiger partial charge is 0.323 e. The van der Waals surface area contributed by atoms with E-state index in [0.29, 0.717) is 26.8 Å². The van der Waals surface area contributed by atoms with Crippen LogP contribution >= 0.6 is 35.0 Å². The van der Waals surface area contributed by atoms with E-state index in [1.807, 2.05) is 0 Å². The van der Waals surface area contributed by atoms with Gasteiger partial charge in [0.1, 0.15) is 0 Å². The first-order valence-electron chi connectivity index (χ1n) is 7.07. The van der Waals surface area contributed by atoms with Gasteiger partial charge in [-0.25, -0.2) is 4.79 Å². The van der Waals surface area contributed by atoms with E-state index in [4.69, 9.17) is 23.2 Å². The summed E-state index contributed by atoms with van der Waals surface area (Å²) in [6.07, 6.45) is 0. The lowest BCUT2D eigenvalue weighted by Crippen LogP contribution is -2.22. The molecule has 1 heterocycles. The van der Waals surface area contributed by atoms with Gasteiger partial charge >= 0.3 is 5.69 Å². The van der Waals surface area contributed by atoms with Gasteiger partial charge in [0, 0.05) is 15.6 Å². The zero-order valence-corrected chi connectivity index (χ0v) is 14.9. The average Bonchev–Trinajstić information content (AvgIpc) is 2.90. The SMILES string of the molecule is C[C@@H](Sc1cc(Cl)ccc1Cl)C(=O)Nc1ccc2[nH]c(=O)[nH]c2c1. The Kier molecular flexibility index (Phi) is 4.89. The van der Waals surface area contributed by atoms with Crippen LogP contribution in [0.3, 0.4) is 0 Å². The molecule has 2 aromatic carbocycles. The predicted octanol–water partition coefficient (Wildman–Crippen LogP) is 4.28. The van der Waals surface area contributed by atoms with E-state index in [0.717, 1.165) is 4.90 Å². The number of thioether (sulfide) groups is 1. The number of benzene rings is 2. The maximum absolute atomic E-state index is 12.4. The van der Waals surface area contributed by atoms with Crippen molar-refractivity contribution in [2.75, 3.05) is 5.32 Å². The number of hydrogen-bond acceptors (Lipinski definition) is 3. The molecule has 24 heavy (non-hydrogen) atoms. The molecular formula is C16H13Cl2N3O2S. The maximum atomic E-state index is 12.4. The van der Waals surface area contributed by atoms with Crippen LogP contribution in [0, 0.1) is 0 Å². The van der Waals surface area contributed by atoms with E-state index in [2.05, 4.69) is 15.3 Å². The molecule has 0 radical (unpaired) electrons. The number of anilines is 1. The fourth-order valence-corrected chi connectivity index (χ4v) is 3.58. The van der Waals surface area contributed by atoms with Crippen molar-refractivity contribution in [3.63, 3.8) is 0 Å². The number of H-pyrrole nitrogens is 2. The van der Waals surface area contributed by atoms with Crippen LogP contribution in [-0.4, -0.2) is 21.1 Å². The molecule has 1 atom stereocenters. The molecule has 0 saturated heterocycles. The van der Waals surface area contributed by atoms with Gasteiger partial charge in [0.05, 0.1) is 21.3 Å². The molecule has 0 spiro atoms. The predicted molar refractivity (Wildman–Crippen MR) is 99.3 cm³/mol. The molecule has 3 aromatic rings. The summed E-state index contributed by atoms with van der Waals surface area (Å²) in [6.45, 7) is 1.79. The molecule has 0 aliphatic carbocycles. The molecule has 5 nitrogen and oxygen atoms in total. The van der Waals surface area contributed by atoms with E-state index in [1.165, 1.54) is 11.8 Å². The van der Waals surface area contributed by atoms with Crippen molar-refractivity contribution in [1.29, 1.82) is 0 Å². The van der Waals surface area contributed by atoms with Gasteiger partial charge in [-0.1, -0.05) is 23.2 Å². The second kappa shape index (κ2) is 6.93. The van der Waals surface area contributed by atoms with Crippen LogP contribution in [0.1, 0.15) is 6.92 Å². The van der Waals surface area contributed by atoms with Gasteiger partial charge in [0.15, 0.2) is 0 Å². The number of fused-ring (bicyclic) bond motifs is 1. The number of halogens is 2. The topological polar surface area (TPSA) is 77.8 Å². The van der Waals surface area contributed by atoms with Crippen LogP contribution in [0.5, 0.6) is 0 Å². The first kappa shape index (κ1) is 17.0. The highest BCUT2D eigenvalue weighted by Crippen LogP contribution is 2.33. The van der Waals surface area contributed by atoms with Gasteiger partial charge < -0.3 is 15.3 Å². The van der Waals surface area contributed by atoms with Crippen LogP contribution in [-0.2, 0) is 4.79 Å². The molecule has 124 valence electrons. The van der Waals surface area contributed by atoms with Crippen LogP contribution in [0.15, 0.2) is 46.1 Å². The average molecular weight is 382 g/mol. The number of carbonyl (C=O) groups is 1. The maximum Gasteiger partial charge on any atom is 0.323 e. The highest BCUT2D eigenvalue weighted by Gasteiger charge is 2.16. The second-order valence-corrected chi connectivity index (χ2v) is 7.39. The van der Waals surface area contributed by atoms with E-state index >= 15 is 0 Å². The van der Waals surface area contributed by atoms with Crippen molar-refractivity contribution in [3.05, 3.63) is 56.9 Å². The van der Waals surface area contributed by atoms with Crippen molar-refractivity contribution in [1.82, 2.24) is 9.97 Å². The summed E-state index contributed by atoms with van der Waals surface area (Å²) in [5.74, 6) is -0.173. The molecule has 1 aromatic heterocycles. The molecule has 0 aliphatic heterocycles. The third-order valence-corrected chi connectivity index (χ3v) is 5.19. The fraction of sp³-hybridized carbons (Fsp3) is 0.125. The molecule has 0 fully saturated rings. The molecule has 8 heteroatoms. The van der Waals surface area contributed by atoms with E-state index in [-0.39, 0.29) is 16.8 Å². The first-order chi connectivity index (χ1) is 11.4. The number of hydrogen-bond donors (Lipinski definition) is 3. The summed E-state index contributed by atoms with van der Waals surface area (Å²) in [5.41, 5.74) is 1.64. The minimum atomic E-state index is -0.373. The van der Waals surface area contributed by atoms with Gasteiger partial charge in [-0.05, 0) is 43.3 Å². The number of nitrogens with one attached hydrogen (secondary N) is 3. The molecule has 0 aliphatic rings. The fourth-order valence-electron chi connectivity index (χ4n) is 2.17. The monoisotopic (exact) mass is 381 g/mol. The zero-order valence-electron chi connectivity index (χ0n) is 12.5. The molecule has 0 saturated carbocycles. The lowest BCUT2D eigenvalue weighted by Gasteiger charge is -2.13. The normalized spacial score (nSPS) is 12.3. The molecule has 0 unspecified atom stereocenters. The first-order valence-corrected chi connectivity index (χ1v) is 8.70. The molecule has 1 amide bonds. The van der Waals surface area contributed by atoms with Crippen LogP contribution in [0.4, 0.5) is 5.69 Å². The van der Waals surface area contributed by atoms with E-state index < -0.39 is 0 Å². The lowest BCUT2D eigenvalue weighted by molar-refractivity contribution is -0.115. The minimum absolute atomic E-state index is 0.173.